The first kappa shape index (κ1) is 15.8. The maximum absolute atomic E-state index is 11.9. The number of hydrogen-bond donors (Lipinski definition) is 1. The van der Waals surface area contributed by atoms with Crippen molar-refractivity contribution in [3.63, 3.8) is 0 Å². The van der Waals surface area contributed by atoms with Gasteiger partial charge in [0.15, 0.2) is 0 Å². The molecular weight excluding hydrogens is 356 g/mol. The molecule has 1 aromatic carbocycles. The number of thioether (sulfide) groups is 2. The summed E-state index contributed by atoms with van der Waals surface area (Å²) in [6.45, 7) is 0. The summed E-state index contributed by atoms with van der Waals surface area (Å²) in [7, 11) is 0. The van der Waals surface area contributed by atoms with Crippen LogP contribution in [0.1, 0.15) is 20.8 Å². The third-order valence-electron chi connectivity index (χ3n) is 4.18. The van der Waals surface area contributed by atoms with Crippen molar-refractivity contribution in [1.82, 2.24) is 0 Å². The van der Waals surface area contributed by atoms with Crippen LogP contribution in [-0.2, 0) is 5.41 Å². The van der Waals surface area contributed by atoms with Crippen molar-refractivity contribution in [1.29, 1.82) is 0 Å². The molecule has 120 valence electrons. The van der Waals surface area contributed by atoms with Gasteiger partial charge < -0.3 is 5.11 Å². The lowest BCUT2D eigenvalue weighted by molar-refractivity contribution is 0.0695. The first-order valence-corrected chi connectivity index (χ1v) is 10.2. The van der Waals surface area contributed by atoms with E-state index < -0.39 is 11.4 Å². The van der Waals surface area contributed by atoms with Gasteiger partial charge in [-0.15, -0.1) is 23.1 Å². The number of carbonyl (C=O) groups is 1. The number of rotatable bonds is 3. The largest absolute Gasteiger partial charge is 0.478 e. The molecule has 0 saturated heterocycles. The highest BCUT2D eigenvalue weighted by atomic mass is 32.2. The summed E-state index contributed by atoms with van der Waals surface area (Å²) in [5.74, 6) is 0.0892. The van der Waals surface area contributed by atoms with Gasteiger partial charge in [0.25, 0.3) is 0 Å². The Morgan fingerprint density at radius 1 is 1.17 bits per heavy atom. The molecule has 0 fully saturated rings. The Morgan fingerprint density at radius 3 is 2.75 bits per heavy atom. The van der Waals surface area contributed by atoms with Gasteiger partial charge in [0.05, 0.1) is 11.0 Å². The molecule has 1 N–H and O–H groups in total. The molecule has 0 bridgehead atoms. The highest BCUT2D eigenvalue weighted by molar-refractivity contribution is 8.08. The molecule has 2 aliphatic rings. The van der Waals surface area contributed by atoms with Gasteiger partial charge in [-0.1, -0.05) is 54.3 Å². The van der Waals surface area contributed by atoms with E-state index in [0.717, 1.165) is 16.2 Å². The second-order valence-corrected chi connectivity index (χ2v) is 8.39. The molecule has 3 heterocycles. The second kappa shape index (κ2) is 6.31. The lowest BCUT2D eigenvalue weighted by Gasteiger charge is -2.31. The van der Waals surface area contributed by atoms with Crippen LogP contribution in [0.15, 0.2) is 75.2 Å². The van der Waals surface area contributed by atoms with E-state index in [1.165, 1.54) is 9.81 Å². The minimum atomic E-state index is -0.884. The fourth-order valence-corrected chi connectivity index (χ4v) is 6.40. The van der Waals surface area contributed by atoms with Crippen molar-refractivity contribution in [3.05, 3.63) is 91.2 Å². The highest BCUT2D eigenvalue weighted by Gasteiger charge is 2.43. The molecule has 1 unspecified atom stereocenters. The van der Waals surface area contributed by atoms with Gasteiger partial charge in [0.1, 0.15) is 0 Å². The van der Waals surface area contributed by atoms with Crippen molar-refractivity contribution in [2.75, 3.05) is 5.75 Å². The second-order valence-electron chi connectivity index (χ2n) is 5.46. The number of allylic oxidation sites excluding steroid dienone is 3. The Bertz CT molecular complexity index is 878. The molecular formula is C19H14O2S3. The summed E-state index contributed by atoms with van der Waals surface area (Å²) in [6, 6.07) is 11.5. The molecule has 2 nitrogen and oxygen atoms in total. The van der Waals surface area contributed by atoms with Gasteiger partial charge in [-0.2, -0.15) is 0 Å². The molecule has 2 aromatic rings. The SMILES string of the molecule is O=C(O)c1ccccc1C1(c2cccs2)C=CSC1=C1C=CCS1. The average Bonchev–Trinajstić information content (AvgIpc) is 3.33. The van der Waals surface area contributed by atoms with Crippen LogP contribution in [0.2, 0.25) is 0 Å². The van der Waals surface area contributed by atoms with Gasteiger partial charge in [-0.05, 0) is 28.5 Å². The zero-order valence-electron chi connectivity index (χ0n) is 12.6. The summed E-state index contributed by atoms with van der Waals surface area (Å²) in [5.41, 5.74) is 0.693. The van der Waals surface area contributed by atoms with E-state index in [1.54, 1.807) is 35.2 Å². The molecule has 5 heteroatoms. The van der Waals surface area contributed by atoms with Crippen molar-refractivity contribution in [3.8, 4) is 0 Å². The van der Waals surface area contributed by atoms with E-state index in [2.05, 4.69) is 35.1 Å². The number of aromatic carboxylic acids is 1. The molecule has 0 spiro atoms. The Morgan fingerprint density at radius 2 is 2.04 bits per heavy atom. The number of hydrogen-bond acceptors (Lipinski definition) is 4. The third-order valence-corrected chi connectivity index (χ3v) is 7.38. The van der Waals surface area contributed by atoms with E-state index >= 15 is 0 Å². The molecule has 0 radical (unpaired) electrons. The van der Waals surface area contributed by atoms with Crippen LogP contribution >= 0.6 is 34.9 Å². The lowest BCUT2D eigenvalue weighted by atomic mass is 9.76. The maximum atomic E-state index is 11.9. The highest BCUT2D eigenvalue weighted by Crippen LogP contribution is 2.56. The number of carboxylic acid groups (broad SMARTS) is 1. The first-order chi connectivity index (χ1) is 11.7. The fourth-order valence-electron chi connectivity index (χ4n) is 3.16. The standard InChI is InChI=1S/C19H14O2S3/c20-18(21)13-5-1-2-6-14(13)19(16-8-4-11-23-16)9-12-24-17(19)15-7-3-10-22-15/h1-9,11-12H,10H2,(H,20,21). The Labute approximate surface area is 153 Å². The van der Waals surface area contributed by atoms with Crippen LogP contribution in [0.4, 0.5) is 0 Å². The Hall–Kier alpha value is -1.69. The van der Waals surface area contributed by atoms with Crippen LogP contribution in [-0.4, -0.2) is 16.8 Å². The summed E-state index contributed by atoms with van der Waals surface area (Å²) in [6.07, 6.45) is 6.47. The van der Waals surface area contributed by atoms with Crippen molar-refractivity contribution in [2.45, 2.75) is 5.41 Å². The van der Waals surface area contributed by atoms with E-state index in [-0.39, 0.29) is 0 Å². The maximum Gasteiger partial charge on any atom is 0.336 e. The van der Waals surface area contributed by atoms with E-state index in [9.17, 15) is 9.90 Å². The van der Waals surface area contributed by atoms with Crippen LogP contribution in [0.5, 0.6) is 0 Å². The Kier molecular flexibility index (Phi) is 4.16. The Balaban J connectivity index is 2.04. The molecule has 4 rings (SSSR count). The summed E-state index contributed by atoms with van der Waals surface area (Å²) in [5, 5.41) is 13.9. The quantitative estimate of drug-likeness (QED) is 0.773. The van der Waals surface area contributed by atoms with Crippen molar-refractivity contribution >= 4 is 40.8 Å². The average molecular weight is 371 g/mol. The van der Waals surface area contributed by atoms with Gasteiger partial charge in [-0.25, -0.2) is 4.79 Å². The molecule has 1 aromatic heterocycles. The minimum Gasteiger partial charge on any atom is -0.478 e. The molecule has 2 aliphatic heterocycles. The molecule has 1 atom stereocenters. The van der Waals surface area contributed by atoms with Crippen molar-refractivity contribution in [2.24, 2.45) is 0 Å². The molecule has 0 amide bonds. The molecule has 24 heavy (non-hydrogen) atoms. The van der Waals surface area contributed by atoms with Crippen LogP contribution in [0, 0.1) is 0 Å². The minimum absolute atomic E-state index is 0.364. The van der Waals surface area contributed by atoms with Gasteiger partial charge in [0, 0.05) is 20.4 Å². The first-order valence-electron chi connectivity index (χ1n) is 7.49. The number of carboxylic acids is 1. The molecule has 0 aliphatic carbocycles. The number of thiophene rings is 1. The van der Waals surface area contributed by atoms with E-state index in [1.807, 2.05) is 30.0 Å². The third kappa shape index (κ3) is 2.39. The summed E-state index contributed by atoms with van der Waals surface area (Å²) in [4.78, 5) is 15.4. The van der Waals surface area contributed by atoms with Crippen molar-refractivity contribution < 1.29 is 9.90 Å². The monoisotopic (exact) mass is 370 g/mol. The van der Waals surface area contributed by atoms with E-state index in [4.69, 9.17) is 0 Å². The molecule has 0 saturated carbocycles. The van der Waals surface area contributed by atoms with Gasteiger partial charge in [0.2, 0.25) is 0 Å². The summed E-state index contributed by atoms with van der Waals surface area (Å²) >= 11 is 5.19. The van der Waals surface area contributed by atoms with Crippen LogP contribution < -0.4 is 0 Å². The van der Waals surface area contributed by atoms with Crippen LogP contribution in [0.3, 0.4) is 0 Å². The summed E-state index contributed by atoms with van der Waals surface area (Å²) < 4.78 is 0. The fraction of sp³-hybridized carbons (Fsp3) is 0.105. The smallest absolute Gasteiger partial charge is 0.336 e. The predicted molar refractivity (Wildman–Crippen MR) is 104 cm³/mol. The predicted octanol–water partition coefficient (Wildman–Crippen LogP) is 5.51. The lowest BCUT2D eigenvalue weighted by Crippen LogP contribution is -2.26. The zero-order valence-corrected chi connectivity index (χ0v) is 15.1. The zero-order chi connectivity index (χ0) is 16.6. The topological polar surface area (TPSA) is 37.3 Å². The van der Waals surface area contributed by atoms with Gasteiger partial charge >= 0.3 is 5.97 Å². The normalized spacial score (nSPS) is 25.5. The van der Waals surface area contributed by atoms with Gasteiger partial charge in [-0.3, -0.25) is 0 Å². The van der Waals surface area contributed by atoms with Crippen LogP contribution in [0.25, 0.3) is 0 Å². The number of benzene rings is 1. The van der Waals surface area contributed by atoms with E-state index in [0.29, 0.717) is 5.56 Å².